The number of rotatable bonds is 4. The van der Waals surface area contributed by atoms with E-state index in [-0.39, 0.29) is 0 Å². The minimum absolute atomic E-state index is 0.431. The highest BCUT2D eigenvalue weighted by Gasteiger charge is 2.17. The van der Waals surface area contributed by atoms with E-state index in [4.69, 9.17) is 5.73 Å². The first kappa shape index (κ1) is 12.1. The van der Waals surface area contributed by atoms with E-state index in [9.17, 15) is 0 Å². The molecule has 16 heavy (non-hydrogen) atoms. The van der Waals surface area contributed by atoms with Gasteiger partial charge in [-0.1, -0.05) is 0 Å². The van der Waals surface area contributed by atoms with Gasteiger partial charge in [-0.2, -0.15) is 5.10 Å². The van der Waals surface area contributed by atoms with Gasteiger partial charge in [-0.15, -0.1) is 0 Å². The lowest BCUT2D eigenvalue weighted by Gasteiger charge is -2.26. The molecule has 0 bridgehead atoms. The maximum atomic E-state index is 5.87. The molecule has 1 fully saturated rings. The average molecular weight is 287 g/mol. The summed E-state index contributed by atoms with van der Waals surface area (Å²) in [4.78, 5) is 0. The largest absolute Gasteiger partial charge is 0.328 e. The summed E-state index contributed by atoms with van der Waals surface area (Å²) in [6, 6.07) is 1.08. The van der Waals surface area contributed by atoms with Crippen molar-refractivity contribution >= 4 is 15.9 Å². The first-order chi connectivity index (χ1) is 7.74. The van der Waals surface area contributed by atoms with Gasteiger partial charge in [0, 0.05) is 24.8 Å². The molecule has 90 valence electrons. The third-order valence-electron chi connectivity index (χ3n) is 3.15. The Kier molecular flexibility index (Phi) is 4.37. The highest BCUT2D eigenvalue weighted by atomic mass is 79.9. The van der Waals surface area contributed by atoms with Gasteiger partial charge in [0.2, 0.25) is 0 Å². The van der Waals surface area contributed by atoms with Crippen molar-refractivity contribution in [3.63, 3.8) is 0 Å². The molecule has 1 aromatic heterocycles. The first-order valence-electron chi connectivity index (χ1n) is 5.91. The number of hydrogen-bond acceptors (Lipinski definition) is 3. The topological polar surface area (TPSA) is 55.9 Å². The predicted octanol–water partition coefficient (Wildman–Crippen LogP) is 1.51. The van der Waals surface area contributed by atoms with Crippen LogP contribution in [0.2, 0.25) is 0 Å². The van der Waals surface area contributed by atoms with Crippen LogP contribution >= 0.6 is 15.9 Å². The average Bonchev–Trinajstić information content (AvgIpc) is 2.67. The van der Waals surface area contributed by atoms with Crippen LogP contribution in [0.25, 0.3) is 0 Å². The Morgan fingerprint density at radius 2 is 2.19 bits per heavy atom. The highest BCUT2D eigenvalue weighted by molar-refractivity contribution is 9.10. The fourth-order valence-corrected chi connectivity index (χ4v) is 2.50. The van der Waals surface area contributed by atoms with Gasteiger partial charge in [-0.3, -0.25) is 4.68 Å². The van der Waals surface area contributed by atoms with Crippen LogP contribution in [0.4, 0.5) is 0 Å². The summed E-state index contributed by atoms with van der Waals surface area (Å²) >= 11 is 3.39. The Labute approximate surface area is 105 Å². The van der Waals surface area contributed by atoms with Gasteiger partial charge in [-0.05, 0) is 41.6 Å². The van der Waals surface area contributed by atoms with E-state index in [1.165, 1.54) is 12.8 Å². The second-order valence-electron chi connectivity index (χ2n) is 4.49. The van der Waals surface area contributed by atoms with E-state index < -0.39 is 0 Å². The zero-order chi connectivity index (χ0) is 11.4. The summed E-state index contributed by atoms with van der Waals surface area (Å²) in [5, 5.41) is 7.79. The van der Waals surface area contributed by atoms with Gasteiger partial charge in [0.05, 0.1) is 17.2 Å². The van der Waals surface area contributed by atoms with Crippen LogP contribution in [0.15, 0.2) is 16.9 Å². The quantitative estimate of drug-likeness (QED) is 0.882. The van der Waals surface area contributed by atoms with Crippen LogP contribution in [0.5, 0.6) is 0 Å². The van der Waals surface area contributed by atoms with E-state index >= 15 is 0 Å². The summed E-state index contributed by atoms with van der Waals surface area (Å²) in [6.45, 7) is 1.90. The molecule has 1 aliphatic rings. The Hall–Kier alpha value is -0.390. The van der Waals surface area contributed by atoms with Gasteiger partial charge in [0.25, 0.3) is 0 Å². The Bertz CT molecular complexity index is 318. The molecule has 0 aromatic carbocycles. The molecule has 5 heteroatoms. The summed E-state index contributed by atoms with van der Waals surface area (Å²) in [5.74, 6) is 0. The summed E-state index contributed by atoms with van der Waals surface area (Å²) in [6.07, 6.45) is 8.56. The predicted molar refractivity (Wildman–Crippen MR) is 68.2 cm³/mol. The molecule has 0 unspecified atom stereocenters. The van der Waals surface area contributed by atoms with Crippen molar-refractivity contribution in [2.75, 3.05) is 6.54 Å². The third kappa shape index (κ3) is 3.57. The van der Waals surface area contributed by atoms with Gasteiger partial charge in [-0.25, -0.2) is 0 Å². The fourth-order valence-electron chi connectivity index (χ4n) is 2.17. The van der Waals surface area contributed by atoms with Crippen LogP contribution < -0.4 is 11.1 Å². The highest BCUT2D eigenvalue weighted by Crippen LogP contribution is 2.16. The zero-order valence-electron chi connectivity index (χ0n) is 9.40. The van der Waals surface area contributed by atoms with E-state index in [2.05, 4.69) is 26.3 Å². The molecule has 0 radical (unpaired) electrons. The summed E-state index contributed by atoms with van der Waals surface area (Å²) < 4.78 is 2.99. The molecular formula is C11H19BrN4. The van der Waals surface area contributed by atoms with Crippen molar-refractivity contribution in [2.45, 2.75) is 44.3 Å². The number of aromatic nitrogens is 2. The number of nitrogens with zero attached hydrogens (tertiary/aromatic N) is 2. The molecule has 1 aliphatic carbocycles. The molecule has 0 atom stereocenters. The van der Waals surface area contributed by atoms with Crippen molar-refractivity contribution < 1.29 is 0 Å². The van der Waals surface area contributed by atoms with E-state index in [0.29, 0.717) is 12.1 Å². The van der Waals surface area contributed by atoms with Gasteiger partial charge in [0.1, 0.15) is 0 Å². The molecule has 4 nitrogen and oxygen atoms in total. The zero-order valence-corrected chi connectivity index (χ0v) is 11.0. The lowest BCUT2D eigenvalue weighted by molar-refractivity contribution is 0.337. The van der Waals surface area contributed by atoms with Crippen LogP contribution in [-0.2, 0) is 6.54 Å². The number of nitrogens with two attached hydrogens (primary N) is 1. The van der Waals surface area contributed by atoms with E-state index in [0.717, 1.165) is 30.4 Å². The monoisotopic (exact) mass is 286 g/mol. The second-order valence-corrected chi connectivity index (χ2v) is 5.40. The molecule has 0 spiro atoms. The summed E-state index contributed by atoms with van der Waals surface area (Å²) in [7, 11) is 0. The Balaban J connectivity index is 1.64. The number of hydrogen-bond donors (Lipinski definition) is 2. The molecule has 3 N–H and O–H groups in total. The van der Waals surface area contributed by atoms with Crippen molar-refractivity contribution in [1.82, 2.24) is 15.1 Å². The van der Waals surface area contributed by atoms with Crippen LogP contribution in [0.3, 0.4) is 0 Å². The van der Waals surface area contributed by atoms with Gasteiger partial charge in [0.15, 0.2) is 0 Å². The third-order valence-corrected chi connectivity index (χ3v) is 3.56. The van der Waals surface area contributed by atoms with Crippen LogP contribution in [0.1, 0.15) is 25.7 Å². The van der Waals surface area contributed by atoms with Gasteiger partial charge < -0.3 is 11.1 Å². The van der Waals surface area contributed by atoms with E-state index in [1.54, 1.807) is 0 Å². The Morgan fingerprint density at radius 1 is 1.44 bits per heavy atom. The molecule has 1 saturated carbocycles. The van der Waals surface area contributed by atoms with Crippen LogP contribution in [-0.4, -0.2) is 28.4 Å². The number of nitrogens with one attached hydrogen (secondary N) is 1. The molecule has 2 rings (SSSR count). The maximum Gasteiger partial charge on any atom is 0.0632 e. The molecular weight excluding hydrogens is 268 g/mol. The maximum absolute atomic E-state index is 5.87. The first-order valence-corrected chi connectivity index (χ1v) is 6.70. The minimum Gasteiger partial charge on any atom is -0.328 e. The SMILES string of the molecule is NC1CCC(NCCn2cc(Br)cn2)CC1. The number of halogens is 1. The normalized spacial score (nSPS) is 25.9. The lowest BCUT2D eigenvalue weighted by atomic mass is 9.92. The minimum atomic E-state index is 0.431. The molecule has 0 amide bonds. The molecule has 0 aliphatic heterocycles. The second kappa shape index (κ2) is 5.80. The summed E-state index contributed by atoms with van der Waals surface area (Å²) in [5.41, 5.74) is 5.87. The van der Waals surface area contributed by atoms with Crippen molar-refractivity contribution in [3.8, 4) is 0 Å². The van der Waals surface area contributed by atoms with Crippen molar-refractivity contribution in [1.29, 1.82) is 0 Å². The molecule has 1 aromatic rings. The van der Waals surface area contributed by atoms with Crippen LogP contribution in [0, 0.1) is 0 Å². The van der Waals surface area contributed by atoms with Crippen molar-refractivity contribution in [2.24, 2.45) is 5.73 Å². The Morgan fingerprint density at radius 3 is 2.81 bits per heavy atom. The fraction of sp³-hybridized carbons (Fsp3) is 0.727. The smallest absolute Gasteiger partial charge is 0.0632 e. The molecule has 1 heterocycles. The lowest BCUT2D eigenvalue weighted by Crippen LogP contribution is -2.38. The van der Waals surface area contributed by atoms with E-state index in [1.807, 2.05) is 17.1 Å². The molecule has 0 saturated heterocycles. The van der Waals surface area contributed by atoms with Crippen molar-refractivity contribution in [3.05, 3.63) is 16.9 Å². The standard InChI is InChI=1S/C11H19BrN4/c12-9-7-15-16(8-9)6-5-14-11-3-1-10(13)2-4-11/h7-8,10-11,14H,1-6,13H2. The van der Waals surface area contributed by atoms with Gasteiger partial charge >= 0.3 is 0 Å².